The fourth-order valence-electron chi connectivity index (χ4n) is 2.40. The first kappa shape index (κ1) is 17.7. The summed E-state index contributed by atoms with van der Waals surface area (Å²) >= 11 is 0. The van der Waals surface area contributed by atoms with Gasteiger partial charge in [-0.05, 0) is 50.6 Å². The summed E-state index contributed by atoms with van der Waals surface area (Å²) in [6.07, 6.45) is 0. The molecule has 0 saturated carbocycles. The maximum atomic E-state index is 12.5. The molecule has 0 unspecified atom stereocenters. The highest BCUT2D eigenvalue weighted by Gasteiger charge is 2.16. The summed E-state index contributed by atoms with van der Waals surface area (Å²) in [4.78, 5) is 16.7. The molecule has 0 aliphatic carbocycles. The van der Waals surface area contributed by atoms with Crippen molar-refractivity contribution in [3.63, 3.8) is 0 Å². The number of nitrogens with zero attached hydrogens (tertiary/aromatic N) is 1. The summed E-state index contributed by atoms with van der Waals surface area (Å²) in [5.74, 6) is -0.527. The van der Waals surface area contributed by atoms with Crippen LogP contribution in [0.4, 0.5) is 14.5 Å². The van der Waals surface area contributed by atoms with Gasteiger partial charge in [-0.15, -0.1) is 0 Å². The van der Waals surface area contributed by atoms with E-state index in [-0.39, 0.29) is 17.1 Å². The fourth-order valence-corrected chi connectivity index (χ4v) is 2.40. The first-order chi connectivity index (χ1) is 11.3. The average Bonchev–Trinajstić information content (AvgIpc) is 2.50. The van der Waals surface area contributed by atoms with E-state index >= 15 is 0 Å². The molecule has 0 radical (unpaired) electrons. The minimum absolute atomic E-state index is 0.121. The van der Waals surface area contributed by atoms with E-state index < -0.39 is 12.5 Å². The Morgan fingerprint density at radius 2 is 1.88 bits per heavy atom. The van der Waals surface area contributed by atoms with Crippen LogP contribution >= 0.6 is 0 Å². The molecule has 0 aliphatic rings. The van der Waals surface area contributed by atoms with Crippen molar-refractivity contribution in [2.45, 2.75) is 27.4 Å². The molecule has 1 amide bonds. The third-order valence-corrected chi connectivity index (χ3v) is 3.41. The van der Waals surface area contributed by atoms with Gasteiger partial charge in [0.1, 0.15) is 0 Å². The van der Waals surface area contributed by atoms with Gasteiger partial charge in [0.15, 0.2) is 11.5 Å². The number of nitrogens with one attached hydrogen (secondary N) is 1. The number of benzene rings is 1. The SMILES string of the molecule is COc1ccc(C(=O)Nc2c(C)cc(C)nc2C)cc1OC(F)F. The molecule has 0 spiro atoms. The molecular weight excluding hydrogens is 318 g/mol. The Balaban J connectivity index is 2.30. The van der Waals surface area contributed by atoms with Crippen LogP contribution < -0.4 is 14.8 Å². The number of ether oxygens (including phenoxy) is 2. The number of pyridine rings is 1. The smallest absolute Gasteiger partial charge is 0.387 e. The molecule has 0 saturated heterocycles. The van der Waals surface area contributed by atoms with E-state index in [1.165, 1.54) is 25.3 Å². The van der Waals surface area contributed by atoms with Crippen LogP contribution in [-0.4, -0.2) is 24.6 Å². The van der Waals surface area contributed by atoms with Crippen LogP contribution in [0, 0.1) is 20.8 Å². The zero-order valence-corrected chi connectivity index (χ0v) is 13.8. The number of methoxy groups -OCH3 is 1. The second-order valence-corrected chi connectivity index (χ2v) is 5.24. The van der Waals surface area contributed by atoms with Gasteiger partial charge in [-0.25, -0.2) is 0 Å². The number of hydrogen-bond donors (Lipinski definition) is 1. The maximum Gasteiger partial charge on any atom is 0.387 e. The summed E-state index contributed by atoms with van der Waals surface area (Å²) < 4.78 is 34.3. The van der Waals surface area contributed by atoms with Crippen molar-refractivity contribution in [2.24, 2.45) is 0 Å². The molecule has 5 nitrogen and oxygen atoms in total. The van der Waals surface area contributed by atoms with Crippen molar-refractivity contribution in [3.05, 3.63) is 46.8 Å². The lowest BCUT2D eigenvalue weighted by atomic mass is 10.1. The Bertz CT molecular complexity index is 740. The number of rotatable bonds is 5. The van der Waals surface area contributed by atoms with Crippen LogP contribution in [0.15, 0.2) is 24.3 Å². The predicted octanol–water partition coefficient (Wildman–Crippen LogP) is 3.87. The van der Waals surface area contributed by atoms with Crippen LogP contribution in [0.2, 0.25) is 0 Å². The van der Waals surface area contributed by atoms with Crippen molar-refractivity contribution >= 4 is 11.6 Å². The molecule has 0 fully saturated rings. The van der Waals surface area contributed by atoms with E-state index in [2.05, 4.69) is 15.0 Å². The number of aryl methyl sites for hydroxylation is 3. The number of alkyl halides is 2. The molecule has 2 rings (SSSR count). The molecule has 1 aromatic heterocycles. The molecule has 1 aromatic carbocycles. The Morgan fingerprint density at radius 3 is 2.46 bits per heavy atom. The quantitative estimate of drug-likeness (QED) is 0.900. The van der Waals surface area contributed by atoms with Crippen molar-refractivity contribution in [3.8, 4) is 11.5 Å². The van der Waals surface area contributed by atoms with Gasteiger partial charge in [-0.3, -0.25) is 9.78 Å². The zero-order chi connectivity index (χ0) is 17.9. The molecule has 2 aromatic rings. The number of aromatic nitrogens is 1. The number of halogens is 2. The third kappa shape index (κ3) is 3.98. The fraction of sp³-hybridized carbons (Fsp3) is 0.294. The Kier molecular flexibility index (Phi) is 5.33. The number of hydrogen-bond acceptors (Lipinski definition) is 4. The van der Waals surface area contributed by atoms with E-state index in [9.17, 15) is 13.6 Å². The molecule has 128 valence electrons. The van der Waals surface area contributed by atoms with Crippen molar-refractivity contribution < 1.29 is 23.0 Å². The van der Waals surface area contributed by atoms with Crippen LogP contribution in [0.1, 0.15) is 27.3 Å². The second-order valence-electron chi connectivity index (χ2n) is 5.24. The van der Waals surface area contributed by atoms with Gasteiger partial charge in [0.05, 0.1) is 18.5 Å². The first-order valence-corrected chi connectivity index (χ1v) is 7.21. The predicted molar refractivity (Wildman–Crippen MR) is 86.0 cm³/mol. The largest absolute Gasteiger partial charge is 0.493 e. The lowest BCUT2D eigenvalue weighted by Gasteiger charge is -2.14. The van der Waals surface area contributed by atoms with E-state index in [4.69, 9.17) is 4.74 Å². The van der Waals surface area contributed by atoms with Crippen LogP contribution in [0.5, 0.6) is 11.5 Å². The van der Waals surface area contributed by atoms with E-state index in [1.807, 2.05) is 19.9 Å². The van der Waals surface area contributed by atoms with Gasteiger partial charge in [0.25, 0.3) is 5.91 Å². The second kappa shape index (κ2) is 7.25. The lowest BCUT2D eigenvalue weighted by Crippen LogP contribution is -2.15. The maximum absolute atomic E-state index is 12.5. The summed E-state index contributed by atoms with van der Waals surface area (Å²) in [5.41, 5.74) is 3.16. The van der Waals surface area contributed by atoms with Gasteiger partial charge >= 0.3 is 6.61 Å². The van der Waals surface area contributed by atoms with Crippen molar-refractivity contribution in [1.29, 1.82) is 0 Å². The summed E-state index contributed by atoms with van der Waals surface area (Å²) in [7, 11) is 1.33. The topological polar surface area (TPSA) is 60.5 Å². The van der Waals surface area contributed by atoms with Crippen LogP contribution in [-0.2, 0) is 0 Å². The minimum atomic E-state index is -3.01. The van der Waals surface area contributed by atoms with E-state index in [0.717, 1.165) is 11.3 Å². The number of anilines is 1. The van der Waals surface area contributed by atoms with Crippen molar-refractivity contribution in [2.75, 3.05) is 12.4 Å². The van der Waals surface area contributed by atoms with Gasteiger partial charge in [0, 0.05) is 11.3 Å². The molecular formula is C17H18F2N2O3. The van der Waals surface area contributed by atoms with E-state index in [1.54, 1.807) is 6.92 Å². The zero-order valence-electron chi connectivity index (χ0n) is 13.8. The molecule has 24 heavy (non-hydrogen) atoms. The normalized spacial score (nSPS) is 10.6. The van der Waals surface area contributed by atoms with Gasteiger partial charge < -0.3 is 14.8 Å². The highest BCUT2D eigenvalue weighted by molar-refractivity contribution is 6.05. The van der Waals surface area contributed by atoms with Gasteiger partial charge in [-0.1, -0.05) is 0 Å². The summed E-state index contributed by atoms with van der Waals surface area (Å²) in [6.45, 7) is 2.50. The molecule has 1 heterocycles. The number of amides is 1. The standard InChI is InChI=1S/C17H18F2N2O3/c1-9-7-10(2)20-11(3)15(9)21-16(22)12-5-6-13(23-4)14(8-12)24-17(18)19/h5-8,17H,1-4H3,(H,21,22). The molecule has 0 bridgehead atoms. The Hall–Kier alpha value is -2.70. The third-order valence-electron chi connectivity index (χ3n) is 3.41. The number of carbonyl (C=O) groups excluding carboxylic acids is 1. The summed E-state index contributed by atoms with van der Waals surface area (Å²) in [6, 6.07) is 5.94. The van der Waals surface area contributed by atoms with Crippen LogP contribution in [0.25, 0.3) is 0 Å². The highest BCUT2D eigenvalue weighted by Crippen LogP contribution is 2.30. The van der Waals surface area contributed by atoms with Gasteiger partial charge in [0.2, 0.25) is 0 Å². The average molecular weight is 336 g/mol. The monoisotopic (exact) mass is 336 g/mol. The van der Waals surface area contributed by atoms with Crippen LogP contribution in [0.3, 0.4) is 0 Å². The molecule has 0 atom stereocenters. The summed E-state index contributed by atoms with van der Waals surface area (Å²) in [5, 5.41) is 2.75. The molecule has 0 aliphatic heterocycles. The van der Waals surface area contributed by atoms with Gasteiger partial charge in [-0.2, -0.15) is 8.78 Å². The number of carbonyl (C=O) groups is 1. The Labute approximate surface area is 138 Å². The van der Waals surface area contributed by atoms with Crippen molar-refractivity contribution in [1.82, 2.24) is 4.98 Å². The molecule has 7 heteroatoms. The molecule has 1 N–H and O–H groups in total. The highest BCUT2D eigenvalue weighted by atomic mass is 19.3. The van der Waals surface area contributed by atoms with E-state index in [0.29, 0.717) is 11.4 Å². The Morgan fingerprint density at radius 1 is 1.17 bits per heavy atom. The minimum Gasteiger partial charge on any atom is -0.493 e. The lowest BCUT2D eigenvalue weighted by molar-refractivity contribution is -0.0512. The first-order valence-electron chi connectivity index (χ1n) is 7.21.